The van der Waals surface area contributed by atoms with Crippen LogP contribution in [0.1, 0.15) is 28.9 Å². The van der Waals surface area contributed by atoms with Crippen LogP contribution in [-0.4, -0.2) is 41.2 Å². The first-order valence-electron chi connectivity index (χ1n) is 9.76. The minimum absolute atomic E-state index is 0.0328. The van der Waals surface area contributed by atoms with Crippen molar-refractivity contribution >= 4 is 5.91 Å². The van der Waals surface area contributed by atoms with Gasteiger partial charge in [0.05, 0.1) is 12.8 Å². The average Bonchev–Trinajstić information content (AvgIpc) is 3.25. The van der Waals surface area contributed by atoms with Gasteiger partial charge in [-0.3, -0.25) is 9.89 Å². The summed E-state index contributed by atoms with van der Waals surface area (Å²) in [6.45, 7) is 1.60. The molecular weight excluding hydrogens is 350 g/mol. The van der Waals surface area contributed by atoms with E-state index in [1.807, 2.05) is 35.2 Å². The van der Waals surface area contributed by atoms with Crippen LogP contribution in [-0.2, 0) is 6.42 Å². The van der Waals surface area contributed by atoms with Gasteiger partial charge >= 0.3 is 0 Å². The Balaban J connectivity index is 1.36. The van der Waals surface area contributed by atoms with Gasteiger partial charge in [-0.25, -0.2) is 0 Å². The molecular formula is C23H25N3O2. The minimum atomic E-state index is 0.0328. The molecule has 1 aliphatic rings. The van der Waals surface area contributed by atoms with Gasteiger partial charge in [0.2, 0.25) is 0 Å². The summed E-state index contributed by atoms with van der Waals surface area (Å²) in [7, 11) is 1.64. The van der Waals surface area contributed by atoms with Crippen LogP contribution >= 0.6 is 0 Å². The SMILES string of the molecule is COc1ccc(-c2cc(C(=O)N3CCC(Cc4ccccc4)CC3)[nH]n2)cc1. The number of aromatic amines is 1. The molecule has 1 amide bonds. The number of hydrogen-bond acceptors (Lipinski definition) is 3. The molecule has 1 aromatic heterocycles. The predicted molar refractivity (Wildman–Crippen MR) is 109 cm³/mol. The molecule has 1 N–H and O–H groups in total. The fourth-order valence-corrected chi connectivity index (χ4v) is 3.80. The number of piperidine rings is 1. The van der Waals surface area contributed by atoms with Gasteiger partial charge in [0, 0.05) is 18.7 Å². The number of aromatic nitrogens is 2. The maximum atomic E-state index is 12.8. The van der Waals surface area contributed by atoms with Gasteiger partial charge in [0.1, 0.15) is 11.4 Å². The number of carbonyl (C=O) groups excluding carboxylic acids is 1. The standard InChI is InChI=1S/C23H25N3O2/c1-28-20-9-7-19(8-10-20)21-16-22(25-24-21)23(27)26-13-11-18(12-14-26)15-17-5-3-2-4-6-17/h2-10,16,18H,11-15H2,1H3,(H,24,25). The summed E-state index contributed by atoms with van der Waals surface area (Å²) in [5.41, 5.74) is 3.65. The van der Waals surface area contributed by atoms with Crippen molar-refractivity contribution in [2.24, 2.45) is 5.92 Å². The first kappa shape index (κ1) is 18.3. The lowest BCUT2D eigenvalue weighted by Gasteiger charge is -2.31. The Hall–Kier alpha value is -3.08. The molecule has 0 aliphatic carbocycles. The van der Waals surface area contributed by atoms with Gasteiger partial charge in [-0.05, 0) is 61.1 Å². The summed E-state index contributed by atoms with van der Waals surface area (Å²) in [5, 5.41) is 7.22. The second-order valence-corrected chi connectivity index (χ2v) is 7.32. The first-order valence-corrected chi connectivity index (χ1v) is 9.76. The zero-order valence-corrected chi connectivity index (χ0v) is 16.1. The Morgan fingerprint density at radius 3 is 2.50 bits per heavy atom. The smallest absolute Gasteiger partial charge is 0.271 e. The van der Waals surface area contributed by atoms with Crippen molar-refractivity contribution in [3.05, 3.63) is 71.9 Å². The van der Waals surface area contributed by atoms with Crippen LogP contribution in [0.2, 0.25) is 0 Å². The van der Waals surface area contributed by atoms with Gasteiger partial charge < -0.3 is 9.64 Å². The molecule has 28 heavy (non-hydrogen) atoms. The quantitative estimate of drug-likeness (QED) is 0.728. The molecule has 144 valence electrons. The van der Waals surface area contributed by atoms with E-state index in [1.54, 1.807) is 7.11 Å². The molecule has 0 atom stereocenters. The largest absolute Gasteiger partial charge is 0.497 e. The fraction of sp³-hybridized carbons (Fsp3) is 0.304. The predicted octanol–water partition coefficient (Wildman–Crippen LogP) is 4.18. The van der Waals surface area contributed by atoms with E-state index in [2.05, 4.69) is 40.5 Å². The molecule has 5 heteroatoms. The molecule has 0 spiro atoms. The summed E-state index contributed by atoms with van der Waals surface area (Å²) in [5.74, 6) is 1.47. The van der Waals surface area contributed by atoms with Crippen molar-refractivity contribution in [1.82, 2.24) is 15.1 Å². The fourth-order valence-electron chi connectivity index (χ4n) is 3.80. The summed E-state index contributed by atoms with van der Waals surface area (Å²) >= 11 is 0. The number of nitrogens with zero attached hydrogens (tertiary/aromatic N) is 2. The average molecular weight is 375 g/mol. The van der Waals surface area contributed by atoms with E-state index in [9.17, 15) is 4.79 Å². The normalized spacial score (nSPS) is 14.8. The molecule has 5 nitrogen and oxygen atoms in total. The molecule has 0 radical (unpaired) electrons. The van der Waals surface area contributed by atoms with Crippen molar-refractivity contribution in [3.8, 4) is 17.0 Å². The summed E-state index contributed by atoms with van der Waals surface area (Å²) < 4.78 is 5.18. The maximum absolute atomic E-state index is 12.8. The molecule has 3 aromatic rings. The highest BCUT2D eigenvalue weighted by atomic mass is 16.5. The molecule has 2 aromatic carbocycles. The van der Waals surface area contributed by atoms with E-state index in [0.29, 0.717) is 11.6 Å². The van der Waals surface area contributed by atoms with Gasteiger partial charge in [0.15, 0.2) is 0 Å². The summed E-state index contributed by atoms with van der Waals surface area (Å²) in [4.78, 5) is 14.8. The first-order chi connectivity index (χ1) is 13.7. The number of rotatable bonds is 5. The lowest BCUT2D eigenvalue weighted by molar-refractivity contribution is 0.0684. The minimum Gasteiger partial charge on any atom is -0.497 e. The van der Waals surface area contributed by atoms with Crippen molar-refractivity contribution in [2.45, 2.75) is 19.3 Å². The van der Waals surface area contributed by atoms with E-state index in [0.717, 1.165) is 49.4 Å². The number of nitrogens with one attached hydrogen (secondary N) is 1. The van der Waals surface area contributed by atoms with E-state index in [1.165, 1.54) is 5.56 Å². The van der Waals surface area contributed by atoms with Crippen LogP contribution in [0.4, 0.5) is 0 Å². The number of likely N-dealkylation sites (tertiary alicyclic amines) is 1. The third-order valence-corrected chi connectivity index (χ3v) is 5.46. The number of ether oxygens (including phenoxy) is 1. The van der Waals surface area contributed by atoms with Crippen LogP contribution in [0.25, 0.3) is 11.3 Å². The van der Waals surface area contributed by atoms with Crippen LogP contribution < -0.4 is 4.74 Å². The van der Waals surface area contributed by atoms with Gasteiger partial charge in [-0.2, -0.15) is 5.10 Å². The van der Waals surface area contributed by atoms with Crippen molar-refractivity contribution in [3.63, 3.8) is 0 Å². The number of H-pyrrole nitrogens is 1. The molecule has 1 saturated heterocycles. The molecule has 0 unspecified atom stereocenters. The van der Waals surface area contributed by atoms with E-state index < -0.39 is 0 Å². The molecule has 1 fully saturated rings. The number of benzene rings is 2. The van der Waals surface area contributed by atoms with Gasteiger partial charge in [-0.15, -0.1) is 0 Å². The summed E-state index contributed by atoms with van der Waals surface area (Å²) in [6.07, 6.45) is 3.18. The topological polar surface area (TPSA) is 58.2 Å². The van der Waals surface area contributed by atoms with Crippen LogP contribution in [0, 0.1) is 5.92 Å². The molecule has 4 rings (SSSR count). The Morgan fingerprint density at radius 2 is 1.82 bits per heavy atom. The number of hydrogen-bond donors (Lipinski definition) is 1. The zero-order chi connectivity index (χ0) is 19.3. The van der Waals surface area contributed by atoms with Crippen molar-refractivity contribution < 1.29 is 9.53 Å². The number of carbonyl (C=O) groups is 1. The van der Waals surface area contributed by atoms with Crippen LogP contribution in [0.15, 0.2) is 60.7 Å². The highest BCUT2D eigenvalue weighted by Gasteiger charge is 2.25. The van der Waals surface area contributed by atoms with Crippen molar-refractivity contribution in [1.29, 1.82) is 0 Å². The zero-order valence-electron chi connectivity index (χ0n) is 16.1. The highest BCUT2D eigenvalue weighted by Crippen LogP contribution is 2.24. The lowest BCUT2D eigenvalue weighted by Crippen LogP contribution is -2.39. The Morgan fingerprint density at radius 1 is 1.11 bits per heavy atom. The molecule has 0 bridgehead atoms. The highest BCUT2D eigenvalue weighted by molar-refractivity contribution is 5.93. The molecule has 1 aliphatic heterocycles. The van der Waals surface area contributed by atoms with Gasteiger partial charge in [-0.1, -0.05) is 30.3 Å². The van der Waals surface area contributed by atoms with Gasteiger partial charge in [0.25, 0.3) is 5.91 Å². The Kier molecular flexibility index (Phi) is 5.42. The number of amides is 1. The van der Waals surface area contributed by atoms with E-state index in [-0.39, 0.29) is 5.91 Å². The second-order valence-electron chi connectivity index (χ2n) is 7.32. The Bertz CT molecular complexity index is 911. The van der Waals surface area contributed by atoms with Crippen molar-refractivity contribution in [2.75, 3.05) is 20.2 Å². The molecule has 2 heterocycles. The third-order valence-electron chi connectivity index (χ3n) is 5.46. The molecule has 0 saturated carbocycles. The monoisotopic (exact) mass is 375 g/mol. The third kappa shape index (κ3) is 4.09. The lowest BCUT2D eigenvalue weighted by atomic mass is 9.90. The van der Waals surface area contributed by atoms with Crippen LogP contribution in [0.3, 0.4) is 0 Å². The van der Waals surface area contributed by atoms with E-state index >= 15 is 0 Å². The maximum Gasteiger partial charge on any atom is 0.271 e. The summed E-state index contributed by atoms with van der Waals surface area (Å²) in [6, 6.07) is 20.1. The number of methoxy groups -OCH3 is 1. The van der Waals surface area contributed by atoms with E-state index in [4.69, 9.17) is 4.74 Å². The van der Waals surface area contributed by atoms with Crippen LogP contribution in [0.5, 0.6) is 5.75 Å². The second kappa shape index (κ2) is 8.30. The Labute approximate surface area is 165 Å².